The predicted octanol–water partition coefficient (Wildman–Crippen LogP) is 4.65. The molecule has 1 aromatic rings. The van der Waals surface area contributed by atoms with Gasteiger partial charge >= 0.3 is 0 Å². The highest BCUT2D eigenvalue weighted by atomic mass is 19.2. The van der Waals surface area contributed by atoms with Gasteiger partial charge in [0.05, 0.1) is 5.70 Å². The van der Waals surface area contributed by atoms with Crippen LogP contribution in [0.4, 0.5) is 8.78 Å². The van der Waals surface area contributed by atoms with E-state index < -0.39 is 11.6 Å². The van der Waals surface area contributed by atoms with E-state index in [1.165, 1.54) is 6.07 Å². The summed E-state index contributed by atoms with van der Waals surface area (Å²) in [5.74, 6) is -1.52. The molecule has 2 rings (SSSR count). The molecule has 96 valence electrons. The van der Waals surface area contributed by atoms with E-state index in [9.17, 15) is 13.7 Å². The summed E-state index contributed by atoms with van der Waals surface area (Å²) < 4.78 is 26.2. The molecule has 0 heterocycles. The first-order chi connectivity index (χ1) is 8.67. The van der Waals surface area contributed by atoms with Crippen molar-refractivity contribution >= 4 is 5.57 Å². The average Bonchev–Trinajstić information content (AvgIpc) is 2.76. The Morgan fingerprint density at radius 2 is 2.11 bits per heavy atom. The van der Waals surface area contributed by atoms with Crippen LogP contribution in [0, 0.1) is 22.5 Å². The Balaban J connectivity index is 2.43. The van der Waals surface area contributed by atoms with E-state index in [4.69, 9.17) is 0 Å². The third kappa shape index (κ3) is 2.33. The third-order valence-electron chi connectivity index (χ3n) is 3.43. The Hall–Kier alpha value is -1.58. The number of hydrogen-bond acceptors (Lipinski definition) is 2. The van der Waals surface area contributed by atoms with Crippen LogP contribution in [0.15, 0.2) is 29.1 Å². The van der Waals surface area contributed by atoms with Crippen LogP contribution in [0.5, 0.6) is 0 Å². The lowest BCUT2D eigenvalue weighted by atomic mass is 9.91. The Morgan fingerprint density at radius 3 is 2.72 bits per heavy atom. The van der Waals surface area contributed by atoms with Crippen molar-refractivity contribution < 1.29 is 8.78 Å². The molecule has 2 nitrogen and oxygen atoms in total. The van der Waals surface area contributed by atoms with E-state index in [0.29, 0.717) is 17.7 Å². The van der Waals surface area contributed by atoms with Gasteiger partial charge in [-0.2, -0.15) is 0 Å². The summed E-state index contributed by atoms with van der Waals surface area (Å²) in [7, 11) is 0. The van der Waals surface area contributed by atoms with Crippen molar-refractivity contribution in [1.29, 1.82) is 0 Å². The fourth-order valence-electron chi connectivity index (χ4n) is 2.62. The number of hydrogen-bond donors (Lipinski definition) is 0. The molecule has 0 amide bonds. The zero-order valence-corrected chi connectivity index (χ0v) is 10.2. The highest BCUT2D eigenvalue weighted by molar-refractivity contribution is 5.72. The Labute approximate surface area is 105 Å². The molecule has 1 aliphatic carbocycles. The highest BCUT2D eigenvalue weighted by Gasteiger charge is 2.27. The van der Waals surface area contributed by atoms with E-state index in [-0.39, 0.29) is 5.92 Å². The minimum atomic E-state index is -0.882. The number of allylic oxidation sites excluding steroid dienone is 2. The third-order valence-corrected chi connectivity index (χ3v) is 3.43. The Morgan fingerprint density at radius 1 is 1.33 bits per heavy atom. The molecule has 4 heteroatoms. The lowest BCUT2D eigenvalue weighted by Crippen LogP contribution is -2.00. The van der Waals surface area contributed by atoms with Gasteiger partial charge in [-0.3, -0.25) is 0 Å². The van der Waals surface area contributed by atoms with Crippen LogP contribution in [0.1, 0.15) is 38.2 Å². The molecule has 0 spiro atoms. The van der Waals surface area contributed by atoms with Gasteiger partial charge in [0.25, 0.3) is 0 Å². The summed E-state index contributed by atoms with van der Waals surface area (Å²) in [5, 5.41) is 3.04. The minimum absolute atomic E-state index is 0.229. The summed E-state index contributed by atoms with van der Waals surface area (Å²) >= 11 is 0. The average molecular weight is 251 g/mol. The molecule has 0 saturated carbocycles. The summed E-state index contributed by atoms with van der Waals surface area (Å²) in [6.45, 7) is 2.06. The molecule has 18 heavy (non-hydrogen) atoms. The van der Waals surface area contributed by atoms with Gasteiger partial charge in [0, 0.05) is 0 Å². The van der Waals surface area contributed by atoms with Crippen LogP contribution in [-0.4, -0.2) is 0 Å². The normalized spacial score (nSPS) is 19.4. The van der Waals surface area contributed by atoms with E-state index in [1.807, 2.05) is 0 Å². The number of nitrogens with zero attached hydrogens (tertiary/aromatic N) is 1. The van der Waals surface area contributed by atoms with Crippen molar-refractivity contribution in [2.45, 2.75) is 32.6 Å². The first-order valence-corrected chi connectivity index (χ1v) is 6.19. The number of halogens is 2. The first kappa shape index (κ1) is 12.9. The van der Waals surface area contributed by atoms with Gasteiger partial charge in [0.1, 0.15) is 0 Å². The van der Waals surface area contributed by atoms with Crippen molar-refractivity contribution in [1.82, 2.24) is 0 Å². The monoisotopic (exact) mass is 251 g/mol. The molecule has 1 aliphatic rings. The lowest BCUT2D eigenvalue weighted by Gasteiger charge is -2.14. The largest absolute Gasteiger partial charge is 0.204 e. The van der Waals surface area contributed by atoms with Gasteiger partial charge in [0.2, 0.25) is 0 Å². The summed E-state index contributed by atoms with van der Waals surface area (Å²) in [5.41, 5.74) is 1.87. The highest BCUT2D eigenvalue weighted by Crippen LogP contribution is 2.42. The molecule has 0 saturated heterocycles. The lowest BCUT2D eigenvalue weighted by molar-refractivity contribution is 0.507. The maximum absolute atomic E-state index is 13.3. The molecule has 1 atom stereocenters. The number of rotatable bonds is 4. The van der Waals surface area contributed by atoms with Crippen LogP contribution in [0.3, 0.4) is 0 Å². The van der Waals surface area contributed by atoms with Gasteiger partial charge in [0.15, 0.2) is 11.6 Å². The maximum Gasteiger partial charge on any atom is 0.159 e. The topological polar surface area (TPSA) is 29.4 Å². The van der Waals surface area contributed by atoms with Crippen LogP contribution < -0.4 is 0 Å². The first-order valence-electron chi connectivity index (χ1n) is 6.19. The van der Waals surface area contributed by atoms with Crippen LogP contribution in [0.2, 0.25) is 0 Å². The van der Waals surface area contributed by atoms with Crippen molar-refractivity contribution in [2.24, 2.45) is 11.1 Å². The van der Waals surface area contributed by atoms with Crippen molar-refractivity contribution in [2.75, 3.05) is 0 Å². The second-order valence-electron chi connectivity index (χ2n) is 4.60. The van der Waals surface area contributed by atoms with E-state index in [0.717, 1.165) is 37.0 Å². The van der Waals surface area contributed by atoms with Crippen LogP contribution in [-0.2, 0) is 0 Å². The standard InChI is InChI=1S/C14H15F2NO/c1-2-3-9-5-7-13(17-18)14(9)10-4-6-11(15)12(16)8-10/h4,6,8-9H,2-3,5,7H2,1H3. The van der Waals surface area contributed by atoms with Crippen molar-refractivity contribution in [3.8, 4) is 0 Å². The summed E-state index contributed by atoms with van der Waals surface area (Å²) in [4.78, 5) is 10.8. The number of nitroso groups, excluding NO2 is 1. The molecule has 1 aromatic carbocycles. The molecule has 0 fully saturated rings. The molecule has 0 aliphatic heterocycles. The Kier molecular flexibility index (Phi) is 3.84. The smallest absolute Gasteiger partial charge is 0.159 e. The van der Waals surface area contributed by atoms with E-state index in [2.05, 4.69) is 12.1 Å². The molecule has 0 aromatic heterocycles. The number of benzene rings is 1. The maximum atomic E-state index is 13.3. The van der Waals surface area contributed by atoms with Gasteiger partial charge in [-0.15, -0.1) is 4.91 Å². The predicted molar refractivity (Wildman–Crippen MR) is 66.7 cm³/mol. The van der Waals surface area contributed by atoms with Crippen LogP contribution >= 0.6 is 0 Å². The molecule has 1 unspecified atom stereocenters. The van der Waals surface area contributed by atoms with E-state index >= 15 is 0 Å². The van der Waals surface area contributed by atoms with Crippen molar-refractivity contribution in [3.63, 3.8) is 0 Å². The molecular formula is C14H15F2NO. The van der Waals surface area contributed by atoms with E-state index in [1.54, 1.807) is 0 Å². The quantitative estimate of drug-likeness (QED) is 0.716. The van der Waals surface area contributed by atoms with Gasteiger partial charge in [-0.05, 0) is 53.6 Å². The zero-order chi connectivity index (χ0) is 13.1. The fraction of sp³-hybridized carbons (Fsp3) is 0.429. The minimum Gasteiger partial charge on any atom is -0.204 e. The van der Waals surface area contributed by atoms with Crippen LogP contribution in [0.25, 0.3) is 5.57 Å². The zero-order valence-electron chi connectivity index (χ0n) is 10.2. The molecule has 0 N–H and O–H groups in total. The second kappa shape index (κ2) is 5.38. The summed E-state index contributed by atoms with van der Waals surface area (Å²) in [6.07, 6.45) is 3.42. The second-order valence-corrected chi connectivity index (χ2v) is 4.60. The SMILES string of the molecule is CCCC1CCC(N=O)=C1c1ccc(F)c(F)c1. The molecular weight excluding hydrogens is 236 g/mol. The van der Waals surface area contributed by atoms with Gasteiger partial charge in [-0.1, -0.05) is 19.4 Å². The summed E-state index contributed by atoms with van der Waals surface area (Å²) in [6, 6.07) is 3.78. The fourth-order valence-corrected chi connectivity index (χ4v) is 2.62. The van der Waals surface area contributed by atoms with Gasteiger partial charge in [-0.25, -0.2) is 8.78 Å². The van der Waals surface area contributed by atoms with Crippen molar-refractivity contribution in [3.05, 3.63) is 46.0 Å². The Bertz CT molecular complexity index is 497. The molecule has 0 radical (unpaired) electrons. The molecule has 0 bridgehead atoms. The van der Waals surface area contributed by atoms with Gasteiger partial charge < -0.3 is 0 Å².